The highest BCUT2D eigenvalue weighted by Crippen LogP contribution is 2.50. The minimum atomic E-state index is -2.70. The van der Waals surface area contributed by atoms with Gasteiger partial charge in [0, 0.05) is 12.1 Å². The van der Waals surface area contributed by atoms with Gasteiger partial charge in [0.2, 0.25) is 0 Å². The summed E-state index contributed by atoms with van der Waals surface area (Å²) in [5, 5.41) is -0.121. The molecule has 0 aliphatic carbocycles. The lowest BCUT2D eigenvalue weighted by molar-refractivity contribution is -0.166. The van der Waals surface area contributed by atoms with Gasteiger partial charge in [-0.2, -0.15) is 4.98 Å². The van der Waals surface area contributed by atoms with Gasteiger partial charge >= 0.3 is 5.69 Å². The molecule has 9 heteroatoms. The van der Waals surface area contributed by atoms with E-state index in [0.717, 1.165) is 0 Å². The summed E-state index contributed by atoms with van der Waals surface area (Å²) in [7, 11) is -2.31. The average molecular weight is 404 g/mol. The van der Waals surface area contributed by atoms with Crippen molar-refractivity contribution in [2.75, 3.05) is 5.73 Å². The van der Waals surface area contributed by atoms with Crippen LogP contribution in [-0.4, -0.2) is 36.0 Å². The smallest absolute Gasteiger partial charge is 0.351 e. The molecule has 0 bridgehead atoms. The number of ether oxygens (including phenoxy) is 1. The van der Waals surface area contributed by atoms with Crippen molar-refractivity contribution in [3.63, 3.8) is 0 Å². The Morgan fingerprint density at radius 1 is 1.44 bits per heavy atom. The molecule has 0 radical (unpaired) electrons. The second-order valence-electron chi connectivity index (χ2n) is 8.79. The van der Waals surface area contributed by atoms with Crippen molar-refractivity contribution in [2.45, 2.75) is 83.5 Å². The molecule has 0 amide bonds. The van der Waals surface area contributed by atoms with Crippen molar-refractivity contribution >= 4 is 14.1 Å². The molecule has 6 nitrogen and oxygen atoms in total. The number of anilines is 1. The molecular formula is C18H31F2N3O3Si. The minimum absolute atomic E-state index is 0.0692. The van der Waals surface area contributed by atoms with Crippen LogP contribution in [-0.2, 0) is 9.16 Å². The summed E-state index contributed by atoms with van der Waals surface area (Å²) in [5.74, 6) is -0.536. The second-order valence-corrected chi connectivity index (χ2v) is 13.5. The number of hydrogen-bond acceptors (Lipinski definition) is 5. The Morgan fingerprint density at radius 3 is 2.48 bits per heavy atom. The molecule has 0 spiro atoms. The quantitative estimate of drug-likeness (QED) is 0.757. The Kier molecular flexibility index (Phi) is 5.90. The topological polar surface area (TPSA) is 79.4 Å². The Labute approximate surface area is 160 Å². The highest BCUT2D eigenvalue weighted by atomic mass is 28.4. The second kappa shape index (κ2) is 7.25. The number of hydrogen-bond donors (Lipinski definition) is 1. The van der Waals surface area contributed by atoms with E-state index < -0.39 is 44.3 Å². The minimum Gasteiger partial charge on any atom is -0.409 e. The Balaban J connectivity index is 2.55. The van der Waals surface area contributed by atoms with E-state index in [0.29, 0.717) is 0 Å². The van der Waals surface area contributed by atoms with Crippen molar-refractivity contribution in [2.24, 2.45) is 5.92 Å². The van der Waals surface area contributed by atoms with E-state index in [1.807, 2.05) is 0 Å². The molecule has 27 heavy (non-hydrogen) atoms. The van der Waals surface area contributed by atoms with Gasteiger partial charge < -0.3 is 14.9 Å². The molecule has 4 atom stereocenters. The molecular weight excluding hydrogens is 372 g/mol. The molecule has 0 unspecified atom stereocenters. The van der Waals surface area contributed by atoms with Gasteiger partial charge in [-0.25, -0.2) is 13.6 Å². The summed E-state index contributed by atoms with van der Waals surface area (Å²) in [6.07, 6.45) is -2.84. The van der Waals surface area contributed by atoms with Gasteiger partial charge in [-0.15, -0.1) is 0 Å². The molecule has 2 rings (SSSR count). The van der Waals surface area contributed by atoms with Crippen LogP contribution >= 0.6 is 0 Å². The van der Waals surface area contributed by atoms with Crippen molar-refractivity contribution in [1.29, 1.82) is 0 Å². The monoisotopic (exact) mass is 403 g/mol. The number of aromatic nitrogens is 2. The largest absolute Gasteiger partial charge is 0.409 e. The first kappa shape index (κ1) is 22.0. The zero-order valence-corrected chi connectivity index (χ0v) is 18.1. The third kappa shape index (κ3) is 3.81. The SMILES string of the molecule is CC[C@@]1(C(F)F)O[C@@H](n2ccc(N)nc2=O)[C@@H](O[Si](C)(C)C(C)(C)C)[C@@H]1C. The normalized spacial score (nSPS) is 29.5. The van der Waals surface area contributed by atoms with E-state index >= 15 is 0 Å². The molecule has 2 N–H and O–H groups in total. The van der Waals surface area contributed by atoms with Crippen LogP contribution in [0.5, 0.6) is 0 Å². The molecule has 1 saturated heterocycles. The summed E-state index contributed by atoms with van der Waals surface area (Å²) in [4.78, 5) is 16.1. The van der Waals surface area contributed by atoms with Crippen LogP contribution in [0.1, 0.15) is 47.3 Å². The van der Waals surface area contributed by atoms with Gasteiger partial charge in [0.15, 0.2) is 14.5 Å². The van der Waals surface area contributed by atoms with E-state index in [1.54, 1.807) is 13.8 Å². The summed E-state index contributed by atoms with van der Waals surface area (Å²) < 4.78 is 41.7. The van der Waals surface area contributed by atoms with Crippen LogP contribution in [0.3, 0.4) is 0 Å². The van der Waals surface area contributed by atoms with Crippen LogP contribution in [0.15, 0.2) is 17.1 Å². The summed E-state index contributed by atoms with van der Waals surface area (Å²) in [5.41, 5.74) is 3.24. The van der Waals surface area contributed by atoms with E-state index in [4.69, 9.17) is 14.9 Å². The molecule has 0 saturated carbocycles. The van der Waals surface area contributed by atoms with Gasteiger partial charge in [-0.1, -0.05) is 34.6 Å². The Hall–Kier alpha value is -1.32. The zero-order valence-electron chi connectivity index (χ0n) is 17.1. The number of halogens is 2. The fourth-order valence-corrected chi connectivity index (χ4v) is 4.60. The summed E-state index contributed by atoms with van der Waals surface area (Å²) >= 11 is 0. The lowest BCUT2D eigenvalue weighted by Gasteiger charge is -2.41. The third-order valence-electron chi connectivity index (χ3n) is 6.17. The van der Waals surface area contributed by atoms with Gasteiger partial charge in [0.25, 0.3) is 6.43 Å². The molecule has 1 aliphatic rings. The number of nitrogens with zero attached hydrogens (tertiary/aromatic N) is 2. The number of nitrogen functional groups attached to an aromatic ring is 1. The molecule has 2 heterocycles. The van der Waals surface area contributed by atoms with Crippen molar-refractivity contribution in [1.82, 2.24) is 9.55 Å². The fourth-order valence-electron chi connectivity index (χ4n) is 3.25. The lowest BCUT2D eigenvalue weighted by atomic mass is 9.85. The van der Waals surface area contributed by atoms with Gasteiger partial charge in [0.1, 0.15) is 11.4 Å². The maximum atomic E-state index is 14.0. The predicted octanol–water partition coefficient (Wildman–Crippen LogP) is 3.79. The zero-order chi connectivity index (χ0) is 20.8. The van der Waals surface area contributed by atoms with Crippen molar-refractivity contribution < 1.29 is 17.9 Å². The molecule has 0 aromatic carbocycles. The number of nitrogens with two attached hydrogens (primary N) is 1. The van der Waals surface area contributed by atoms with E-state index in [-0.39, 0.29) is 17.3 Å². The number of rotatable bonds is 5. The molecule has 1 aromatic heterocycles. The van der Waals surface area contributed by atoms with Gasteiger partial charge in [-0.05, 0) is 30.6 Å². The average Bonchev–Trinajstić information content (AvgIpc) is 2.80. The summed E-state index contributed by atoms with van der Waals surface area (Å²) in [6, 6.07) is 1.45. The Morgan fingerprint density at radius 2 is 2.04 bits per heavy atom. The molecule has 1 aromatic rings. The first-order valence-corrected chi connectivity index (χ1v) is 12.2. The van der Waals surface area contributed by atoms with Crippen molar-refractivity contribution in [3.8, 4) is 0 Å². The van der Waals surface area contributed by atoms with Crippen LogP contribution in [0.2, 0.25) is 18.1 Å². The van der Waals surface area contributed by atoms with E-state index in [1.165, 1.54) is 16.8 Å². The van der Waals surface area contributed by atoms with E-state index in [9.17, 15) is 13.6 Å². The highest BCUT2D eigenvalue weighted by molar-refractivity contribution is 6.74. The van der Waals surface area contributed by atoms with Crippen LogP contribution in [0.25, 0.3) is 0 Å². The predicted molar refractivity (Wildman–Crippen MR) is 103 cm³/mol. The van der Waals surface area contributed by atoms with Crippen molar-refractivity contribution in [3.05, 3.63) is 22.7 Å². The third-order valence-corrected chi connectivity index (χ3v) is 10.6. The van der Waals surface area contributed by atoms with Crippen LogP contribution in [0.4, 0.5) is 14.6 Å². The lowest BCUT2D eigenvalue weighted by Crippen LogP contribution is -2.49. The van der Waals surface area contributed by atoms with E-state index in [2.05, 4.69) is 38.8 Å². The maximum Gasteiger partial charge on any atom is 0.351 e. The van der Waals surface area contributed by atoms with Gasteiger partial charge in [-0.3, -0.25) is 4.57 Å². The fraction of sp³-hybridized carbons (Fsp3) is 0.778. The maximum absolute atomic E-state index is 14.0. The Bertz CT molecular complexity index is 735. The molecule has 1 aliphatic heterocycles. The summed E-state index contributed by atoms with van der Waals surface area (Å²) in [6.45, 7) is 13.7. The number of alkyl halides is 2. The molecule has 154 valence electrons. The van der Waals surface area contributed by atoms with Gasteiger partial charge in [0.05, 0.1) is 6.10 Å². The standard InChI is InChI=1S/C18H31F2N3O3Si/c1-8-18(15(19)20)11(2)13(26-27(6,7)17(3,4)5)14(25-18)23-10-9-12(21)22-16(23)24/h9-11,13-15H,8H2,1-7H3,(H2,21,22,24)/t11-,13-,14+,18+/m0/s1. The highest BCUT2D eigenvalue weighted by Gasteiger charge is 2.60. The first-order chi connectivity index (χ1) is 12.3. The first-order valence-electron chi connectivity index (χ1n) is 9.25. The van der Waals surface area contributed by atoms with Crippen LogP contribution in [0, 0.1) is 5.92 Å². The molecule has 1 fully saturated rings. The van der Waals surface area contributed by atoms with Crippen LogP contribution < -0.4 is 11.4 Å².